The van der Waals surface area contributed by atoms with Crippen molar-refractivity contribution in [2.24, 2.45) is 0 Å². The molecule has 0 bridgehead atoms. The highest BCUT2D eigenvalue weighted by atomic mass is 32.3. The molecular formula is C50H99NO12S. The van der Waals surface area contributed by atoms with Gasteiger partial charge in [0.2, 0.25) is 5.91 Å². The van der Waals surface area contributed by atoms with Gasteiger partial charge in [-0.2, -0.15) is 8.42 Å². The molecular weight excluding hydrogens is 839 g/mol. The Bertz CT molecular complexity index is 1170. The molecule has 1 amide bonds. The Kier molecular flexibility index (Phi) is 39.2. The van der Waals surface area contributed by atoms with Crippen LogP contribution >= 0.6 is 0 Å². The molecule has 0 aromatic carbocycles. The number of nitrogens with one attached hydrogen (secondary N) is 1. The Hall–Kier alpha value is -0.940. The number of carbonyl (C=O) groups excluding carboxylic acids is 1. The second-order valence-corrected chi connectivity index (χ2v) is 20.0. The van der Waals surface area contributed by atoms with E-state index in [0.29, 0.717) is 19.3 Å². The topological polar surface area (TPSA) is 212 Å². The van der Waals surface area contributed by atoms with Crippen LogP contribution in [0.1, 0.15) is 251 Å². The van der Waals surface area contributed by atoms with Crippen molar-refractivity contribution in [3.8, 4) is 0 Å². The van der Waals surface area contributed by atoms with Crippen LogP contribution in [-0.2, 0) is 28.9 Å². The molecule has 8 unspecified atom stereocenters. The molecule has 0 spiro atoms. The average molecular weight is 938 g/mol. The smallest absolute Gasteiger partial charge is 0.394 e. The summed E-state index contributed by atoms with van der Waals surface area (Å²) < 4.78 is 47.7. The van der Waals surface area contributed by atoms with Crippen LogP contribution in [0.15, 0.2) is 0 Å². The zero-order chi connectivity index (χ0) is 47.1. The van der Waals surface area contributed by atoms with Crippen LogP contribution in [0.2, 0.25) is 0 Å². The molecule has 0 aliphatic carbocycles. The number of unbranched alkanes of at least 4 members (excludes halogenated alkanes) is 33. The predicted molar refractivity (Wildman–Crippen MR) is 256 cm³/mol. The zero-order valence-corrected chi connectivity index (χ0v) is 41.6. The minimum atomic E-state index is -5.11. The van der Waals surface area contributed by atoms with Crippen LogP contribution in [0.5, 0.6) is 0 Å². The first-order valence-corrected chi connectivity index (χ1v) is 27.9. The molecule has 1 aliphatic heterocycles. The van der Waals surface area contributed by atoms with Gasteiger partial charge < -0.3 is 40.3 Å². The molecule has 1 aliphatic rings. The van der Waals surface area contributed by atoms with E-state index in [-0.39, 0.29) is 6.42 Å². The summed E-state index contributed by atoms with van der Waals surface area (Å²) in [5.74, 6) is -0.664. The van der Waals surface area contributed by atoms with E-state index in [2.05, 4.69) is 23.3 Å². The highest BCUT2D eigenvalue weighted by Gasteiger charge is 2.48. The molecule has 14 heteroatoms. The summed E-state index contributed by atoms with van der Waals surface area (Å²) in [5.41, 5.74) is 0. The lowest BCUT2D eigenvalue weighted by atomic mass is 9.99. The summed E-state index contributed by atoms with van der Waals surface area (Å²) in [5, 5.41) is 55.5. The van der Waals surface area contributed by atoms with Gasteiger partial charge >= 0.3 is 10.4 Å². The van der Waals surface area contributed by atoms with E-state index in [1.54, 1.807) is 0 Å². The third-order valence-electron chi connectivity index (χ3n) is 13.0. The number of amides is 1. The average Bonchev–Trinajstić information content (AvgIpc) is 3.27. The van der Waals surface area contributed by atoms with E-state index in [1.165, 1.54) is 173 Å². The number of rotatable bonds is 46. The first kappa shape index (κ1) is 61.1. The maximum atomic E-state index is 13.2. The van der Waals surface area contributed by atoms with Gasteiger partial charge in [-0.25, -0.2) is 4.18 Å². The van der Waals surface area contributed by atoms with Crippen molar-refractivity contribution in [2.75, 3.05) is 13.2 Å². The summed E-state index contributed by atoms with van der Waals surface area (Å²) in [7, 11) is -5.11. The van der Waals surface area contributed by atoms with Gasteiger partial charge in [0.25, 0.3) is 0 Å². The molecule has 13 nitrogen and oxygen atoms in total. The number of aliphatic hydroxyl groups excluding tert-OH is 5. The highest BCUT2D eigenvalue weighted by Crippen LogP contribution is 2.26. The lowest BCUT2D eigenvalue weighted by molar-refractivity contribution is -0.298. The van der Waals surface area contributed by atoms with Crippen molar-refractivity contribution in [1.29, 1.82) is 0 Å². The fourth-order valence-electron chi connectivity index (χ4n) is 8.82. The molecule has 1 saturated heterocycles. The first-order valence-electron chi connectivity index (χ1n) is 26.5. The summed E-state index contributed by atoms with van der Waals surface area (Å²) in [6.45, 7) is 3.31. The van der Waals surface area contributed by atoms with E-state index in [0.717, 1.165) is 38.5 Å². The quantitative estimate of drug-likeness (QED) is 0.0224. The summed E-state index contributed by atoms with van der Waals surface area (Å²) in [6, 6.07) is -1.03. The monoisotopic (exact) mass is 938 g/mol. The number of ether oxygens (including phenoxy) is 2. The normalized spacial score (nSPS) is 20.7. The fraction of sp³-hybridized carbons (Fsp3) is 0.980. The molecule has 1 fully saturated rings. The molecule has 0 saturated carbocycles. The second-order valence-electron chi connectivity index (χ2n) is 19.0. The van der Waals surface area contributed by atoms with Crippen LogP contribution in [-0.4, -0.2) is 107 Å². The minimum absolute atomic E-state index is 0.267. The maximum absolute atomic E-state index is 13.2. The standard InChI is InChI=1S/C50H99NO12S/c1-3-5-7-9-11-13-15-17-18-19-20-21-22-23-24-25-27-29-31-33-35-37-39-44(54)49(57)51-42(43(53)38-36-34-32-30-28-26-16-14-12-10-8-6-4-2)41-61-50-47(56)48(63-64(58,59)60)46(55)45(40-52)62-50/h42-48,50,52-56H,3-41H2,1-2H3,(H,51,57)(H,58,59,60). The number of aliphatic hydroxyl groups is 5. The molecule has 64 heavy (non-hydrogen) atoms. The number of hydrogen-bond acceptors (Lipinski definition) is 11. The third-order valence-corrected chi connectivity index (χ3v) is 13.5. The van der Waals surface area contributed by atoms with Crippen LogP contribution in [0.3, 0.4) is 0 Å². The minimum Gasteiger partial charge on any atom is -0.394 e. The number of carbonyl (C=O) groups is 1. The van der Waals surface area contributed by atoms with Crippen molar-refractivity contribution in [3.05, 3.63) is 0 Å². The summed E-state index contributed by atoms with van der Waals surface area (Å²) >= 11 is 0. The van der Waals surface area contributed by atoms with Gasteiger partial charge in [-0.05, 0) is 12.8 Å². The molecule has 7 N–H and O–H groups in total. The Morgan fingerprint density at radius 1 is 0.562 bits per heavy atom. The fourth-order valence-corrected chi connectivity index (χ4v) is 9.33. The Labute approximate surface area is 390 Å². The van der Waals surface area contributed by atoms with Gasteiger partial charge in [-0.1, -0.05) is 239 Å². The van der Waals surface area contributed by atoms with Crippen molar-refractivity contribution >= 4 is 16.3 Å². The van der Waals surface area contributed by atoms with Crippen LogP contribution in [0.25, 0.3) is 0 Å². The molecule has 8 atom stereocenters. The molecule has 1 heterocycles. The van der Waals surface area contributed by atoms with Gasteiger partial charge in [0.05, 0.1) is 25.4 Å². The largest absolute Gasteiger partial charge is 0.397 e. The van der Waals surface area contributed by atoms with Gasteiger partial charge in [0, 0.05) is 0 Å². The van der Waals surface area contributed by atoms with Gasteiger partial charge in [-0.15, -0.1) is 0 Å². The SMILES string of the molecule is CCCCCCCCCCCCCCCCCCCCCCCCC(O)C(=O)NC(COC1OC(CO)C(O)C(OS(=O)(=O)O)C1O)C(O)CCCCCCCCCCCCCCC. The lowest BCUT2D eigenvalue weighted by Crippen LogP contribution is -2.61. The van der Waals surface area contributed by atoms with Crippen molar-refractivity contribution < 1.29 is 57.0 Å². The van der Waals surface area contributed by atoms with E-state index in [1.807, 2.05) is 0 Å². The maximum Gasteiger partial charge on any atom is 0.397 e. The second kappa shape index (κ2) is 41.1. The third kappa shape index (κ3) is 32.7. The van der Waals surface area contributed by atoms with Crippen molar-refractivity contribution in [3.63, 3.8) is 0 Å². The summed E-state index contributed by atoms with van der Waals surface area (Å²) in [4.78, 5) is 13.2. The molecule has 1 rings (SSSR count). The Morgan fingerprint density at radius 3 is 1.25 bits per heavy atom. The molecule has 0 aromatic rings. The predicted octanol–water partition coefficient (Wildman–Crippen LogP) is 10.3. The lowest BCUT2D eigenvalue weighted by Gasteiger charge is -2.41. The van der Waals surface area contributed by atoms with Gasteiger partial charge in [-0.3, -0.25) is 9.35 Å². The van der Waals surface area contributed by atoms with E-state index >= 15 is 0 Å². The highest BCUT2D eigenvalue weighted by molar-refractivity contribution is 7.80. The number of hydrogen-bond donors (Lipinski definition) is 7. The zero-order valence-electron chi connectivity index (χ0n) is 40.7. The molecule has 0 radical (unpaired) electrons. The van der Waals surface area contributed by atoms with Crippen molar-refractivity contribution in [2.45, 2.75) is 300 Å². The van der Waals surface area contributed by atoms with Gasteiger partial charge in [0.1, 0.15) is 30.5 Å². The van der Waals surface area contributed by atoms with Crippen molar-refractivity contribution in [1.82, 2.24) is 5.32 Å². The molecule has 0 aromatic heterocycles. The first-order chi connectivity index (χ1) is 30.9. The van der Waals surface area contributed by atoms with E-state index < -0.39 is 78.5 Å². The Morgan fingerprint density at radius 2 is 0.906 bits per heavy atom. The Balaban J connectivity index is 2.41. The van der Waals surface area contributed by atoms with E-state index in [4.69, 9.17) is 9.47 Å². The van der Waals surface area contributed by atoms with Crippen LogP contribution in [0.4, 0.5) is 0 Å². The van der Waals surface area contributed by atoms with Crippen LogP contribution < -0.4 is 5.32 Å². The van der Waals surface area contributed by atoms with E-state index in [9.17, 15) is 43.3 Å². The van der Waals surface area contributed by atoms with Crippen LogP contribution in [0, 0.1) is 0 Å². The van der Waals surface area contributed by atoms with Gasteiger partial charge in [0.15, 0.2) is 6.29 Å². The summed E-state index contributed by atoms with van der Waals surface area (Å²) in [6.07, 6.45) is 32.9. The molecule has 382 valence electrons.